The van der Waals surface area contributed by atoms with Crippen LogP contribution in [0.15, 0.2) is 42.9 Å². The van der Waals surface area contributed by atoms with Gasteiger partial charge in [-0.15, -0.1) is 0 Å². The van der Waals surface area contributed by atoms with Gasteiger partial charge in [0, 0.05) is 25.5 Å². The number of aryl methyl sites for hydroxylation is 1. The number of halogens is 2. The van der Waals surface area contributed by atoms with Crippen LogP contribution < -0.4 is 15.8 Å². The van der Waals surface area contributed by atoms with Crippen molar-refractivity contribution in [3.05, 3.63) is 59.7 Å². The Kier molecular flexibility index (Phi) is 5.15. The standard InChI is InChI=1S/C24H23F2N7O2/c1-4-5-15-21-28-10-11-33(21)12-16(29-15)19-30-18(27)17-20(31-19)32-22(34)23(17,2)13-6-8-14(9-7-13)35-24(3,25)26/h6-12H,4-5H2,1-3H3,(H3,27,30,31,32,34). The van der Waals surface area contributed by atoms with E-state index < -0.39 is 11.5 Å². The zero-order valence-electron chi connectivity index (χ0n) is 19.3. The molecule has 4 aromatic rings. The highest BCUT2D eigenvalue weighted by atomic mass is 19.3. The maximum Gasteiger partial charge on any atom is 0.394 e. The van der Waals surface area contributed by atoms with Gasteiger partial charge in [-0.1, -0.05) is 25.5 Å². The molecule has 180 valence electrons. The van der Waals surface area contributed by atoms with Crippen LogP contribution in [0.3, 0.4) is 0 Å². The minimum atomic E-state index is -3.32. The minimum Gasteiger partial charge on any atom is -0.433 e. The van der Waals surface area contributed by atoms with Crippen molar-refractivity contribution in [2.75, 3.05) is 11.1 Å². The van der Waals surface area contributed by atoms with E-state index in [0.717, 1.165) is 24.2 Å². The third-order valence-electron chi connectivity index (χ3n) is 6.01. The lowest BCUT2D eigenvalue weighted by molar-refractivity contribution is -0.159. The Labute approximate surface area is 199 Å². The molecule has 1 aliphatic heterocycles. The van der Waals surface area contributed by atoms with Crippen LogP contribution in [0.2, 0.25) is 0 Å². The second-order valence-corrected chi connectivity index (χ2v) is 8.65. The van der Waals surface area contributed by atoms with Gasteiger partial charge in [-0.3, -0.25) is 4.79 Å². The molecule has 0 saturated carbocycles. The maximum atomic E-state index is 13.2. The number of fused-ring (bicyclic) bond motifs is 2. The maximum absolute atomic E-state index is 13.2. The van der Waals surface area contributed by atoms with Crippen LogP contribution in [0.4, 0.5) is 20.4 Å². The zero-order valence-corrected chi connectivity index (χ0v) is 19.3. The number of nitrogens with two attached hydrogens (primary N) is 1. The fourth-order valence-corrected chi connectivity index (χ4v) is 4.37. The molecule has 0 saturated heterocycles. The second-order valence-electron chi connectivity index (χ2n) is 8.65. The molecule has 1 aromatic carbocycles. The van der Waals surface area contributed by atoms with E-state index in [1.165, 1.54) is 12.1 Å². The Bertz CT molecular complexity index is 1450. The van der Waals surface area contributed by atoms with Crippen molar-refractivity contribution < 1.29 is 18.3 Å². The summed E-state index contributed by atoms with van der Waals surface area (Å²) in [5.74, 6) is 0.297. The van der Waals surface area contributed by atoms with Gasteiger partial charge in [-0.25, -0.2) is 19.9 Å². The molecule has 9 nitrogen and oxygen atoms in total. The fourth-order valence-electron chi connectivity index (χ4n) is 4.37. The quantitative estimate of drug-likeness (QED) is 0.429. The number of aromatic nitrogens is 5. The van der Waals surface area contributed by atoms with Crippen molar-refractivity contribution in [3.63, 3.8) is 0 Å². The molecule has 4 heterocycles. The number of imidazole rings is 1. The van der Waals surface area contributed by atoms with Crippen molar-refractivity contribution >= 4 is 23.2 Å². The third kappa shape index (κ3) is 3.82. The summed E-state index contributed by atoms with van der Waals surface area (Å²) in [5.41, 5.74) is 8.17. The number of benzene rings is 1. The van der Waals surface area contributed by atoms with Gasteiger partial charge in [-0.2, -0.15) is 8.78 Å². The molecule has 0 spiro atoms. The van der Waals surface area contributed by atoms with Crippen LogP contribution in [0.5, 0.6) is 5.75 Å². The lowest BCUT2D eigenvalue weighted by atomic mass is 9.78. The number of nitrogens with zero attached hydrogens (tertiary/aromatic N) is 5. The molecule has 3 aromatic heterocycles. The van der Waals surface area contributed by atoms with Crippen LogP contribution in [0.1, 0.15) is 44.0 Å². The lowest BCUT2D eigenvalue weighted by Crippen LogP contribution is -2.33. The highest BCUT2D eigenvalue weighted by Crippen LogP contribution is 2.45. The first-order valence-electron chi connectivity index (χ1n) is 11.1. The average Bonchev–Trinajstić information content (AvgIpc) is 3.36. The predicted octanol–water partition coefficient (Wildman–Crippen LogP) is 3.97. The summed E-state index contributed by atoms with van der Waals surface area (Å²) in [5, 5.41) is 2.79. The molecule has 1 atom stereocenters. The summed E-state index contributed by atoms with van der Waals surface area (Å²) < 4.78 is 32.8. The van der Waals surface area contributed by atoms with Gasteiger partial charge in [-0.05, 0) is 31.0 Å². The van der Waals surface area contributed by atoms with Gasteiger partial charge in [0.1, 0.15) is 28.5 Å². The molecule has 11 heteroatoms. The van der Waals surface area contributed by atoms with E-state index >= 15 is 0 Å². The van der Waals surface area contributed by atoms with Crippen molar-refractivity contribution in [3.8, 4) is 17.3 Å². The van der Waals surface area contributed by atoms with Crippen molar-refractivity contribution in [2.24, 2.45) is 0 Å². The molecule has 0 radical (unpaired) electrons. The van der Waals surface area contributed by atoms with Crippen molar-refractivity contribution in [1.82, 2.24) is 24.3 Å². The van der Waals surface area contributed by atoms with Gasteiger partial charge < -0.3 is 20.2 Å². The molecule has 0 bridgehead atoms. The van der Waals surface area contributed by atoms with E-state index in [4.69, 9.17) is 10.7 Å². The van der Waals surface area contributed by atoms with Crippen LogP contribution in [0, 0.1) is 0 Å². The molecular formula is C24H23F2N7O2. The highest BCUT2D eigenvalue weighted by Gasteiger charge is 2.47. The number of carbonyl (C=O) groups excluding carboxylic acids is 1. The molecule has 5 rings (SSSR count). The molecule has 1 aliphatic rings. The number of nitrogens with one attached hydrogen (secondary N) is 1. The Morgan fingerprint density at radius 1 is 1.20 bits per heavy atom. The summed E-state index contributed by atoms with van der Waals surface area (Å²) in [6.07, 6.45) is 3.58. The SMILES string of the molecule is CCCc1nc(-c2nc(N)c3c(n2)NC(=O)C3(C)c2ccc(OC(C)(F)F)cc2)cn2ccnc12. The first-order valence-corrected chi connectivity index (χ1v) is 11.1. The van der Waals surface area contributed by atoms with Crippen LogP contribution in [-0.2, 0) is 16.6 Å². The van der Waals surface area contributed by atoms with Crippen LogP contribution >= 0.6 is 0 Å². The minimum absolute atomic E-state index is 0.0214. The molecule has 1 unspecified atom stereocenters. The molecule has 0 aliphatic carbocycles. The first-order chi connectivity index (χ1) is 16.6. The summed E-state index contributed by atoms with van der Waals surface area (Å²) in [6.45, 7) is 4.40. The van der Waals surface area contributed by atoms with Gasteiger partial charge in [0.2, 0.25) is 5.91 Å². The molecule has 1 amide bonds. The van der Waals surface area contributed by atoms with Crippen molar-refractivity contribution in [1.29, 1.82) is 0 Å². The first kappa shape index (κ1) is 22.6. The average molecular weight is 479 g/mol. The number of amides is 1. The summed E-state index contributed by atoms with van der Waals surface area (Å²) in [6, 6.07) is 5.87. The van der Waals surface area contributed by atoms with Crippen molar-refractivity contribution in [2.45, 2.75) is 45.1 Å². The van der Waals surface area contributed by atoms with E-state index in [2.05, 4.69) is 31.9 Å². The topological polar surface area (TPSA) is 120 Å². The molecule has 3 N–H and O–H groups in total. The van der Waals surface area contributed by atoms with Crippen LogP contribution in [0.25, 0.3) is 17.2 Å². The number of rotatable bonds is 6. The number of ether oxygens (including phenoxy) is 1. The van der Waals surface area contributed by atoms with Gasteiger partial charge in [0.25, 0.3) is 0 Å². The van der Waals surface area contributed by atoms with E-state index in [0.29, 0.717) is 23.7 Å². The summed E-state index contributed by atoms with van der Waals surface area (Å²) in [7, 11) is 0. The normalized spacial score (nSPS) is 17.5. The Morgan fingerprint density at radius 3 is 2.63 bits per heavy atom. The van der Waals surface area contributed by atoms with E-state index in [9.17, 15) is 13.6 Å². The van der Waals surface area contributed by atoms with E-state index in [1.54, 1.807) is 31.5 Å². The smallest absolute Gasteiger partial charge is 0.394 e. The van der Waals surface area contributed by atoms with Gasteiger partial charge in [0.15, 0.2) is 11.5 Å². The molecular weight excluding hydrogens is 456 g/mol. The third-order valence-corrected chi connectivity index (χ3v) is 6.01. The number of hydrogen-bond acceptors (Lipinski definition) is 7. The summed E-state index contributed by atoms with van der Waals surface area (Å²) >= 11 is 0. The van der Waals surface area contributed by atoms with Crippen LogP contribution in [-0.4, -0.2) is 36.4 Å². The second kappa shape index (κ2) is 7.97. The number of hydrogen-bond donors (Lipinski definition) is 2. The number of nitrogen functional groups attached to an aromatic ring is 1. The number of anilines is 2. The lowest BCUT2D eigenvalue weighted by Gasteiger charge is -2.24. The predicted molar refractivity (Wildman–Crippen MR) is 125 cm³/mol. The van der Waals surface area contributed by atoms with E-state index in [-0.39, 0.29) is 29.1 Å². The largest absolute Gasteiger partial charge is 0.433 e. The fraction of sp³-hybridized carbons (Fsp3) is 0.292. The monoisotopic (exact) mass is 479 g/mol. The number of carbonyl (C=O) groups is 1. The zero-order chi connectivity index (χ0) is 25.0. The van der Waals surface area contributed by atoms with Gasteiger partial charge in [0.05, 0.1) is 11.3 Å². The van der Waals surface area contributed by atoms with E-state index in [1.807, 2.05) is 10.6 Å². The Morgan fingerprint density at radius 2 is 1.94 bits per heavy atom. The highest BCUT2D eigenvalue weighted by molar-refractivity contribution is 6.09. The Balaban J connectivity index is 1.57. The molecule has 35 heavy (non-hydrogen) atoms. The number of alkyl halides is 2. The Hall–Kier alpha value is -4.15. The van der Waals surface area contributed by atoms with Gasteiger partial charge >= 0.3 is 6.11 Å². The summed E-state index contributed by atoms with van der Waals surface area (Å²) in [4.78, 5) is 31.3. The molecule has 0 fully saturated rings.